The first kappa shape index (κ1) is 14.6. The first-order valence-corrected chi connectivity index (χ1v) is 7.09. The number of hydrogen-bond acceptors (Lipinski definition) is 2. The lowest BCUT2D eigenvalue weighted by atomic mass is 9.83. The van der Waals surface area contributed by atoms with Gasteiger partial charge in [-0.05, 0) is 32.2 Å². The Labute approximate surface area is 111 Å². The van der Waals surface area contributed by atoms with Crippen LogP contribution >= 0.6 is 0 Å². The van der Waals surface area contributed by atoms with Crippen molar-refractivity contribution >= 4 is 5.91 Å². The van der Waals surface area contributed by atoms with Crippen LogP contribution in [0.25, 0.3) is 0 Å². The summed E-state index contributed by atoms with van der Waals surface area (Å²) in [5, 5.41) is 5.69. The Morgan fingerprint density at radius 1 is 1.05 bits per heavy atom. The fraction of sp³-hybridized carbons (Fsp3) is 0.923. The van der Waals surface area contributed by atoms with Crippen molar-refractivity contribution in [2.45, 2.75) is 63.2 Å². The number of carbonyl (C=O) groups excluding carboxylic acids is 1. The summed E-state index contributed by atoms with van der Waals surface area (Å²) in [6, 6.07) is -1.06. The number of carbonyl (C=O) groups is 1. The van der Waals surface area contributed by atoms with Gasteiger partial charge in [-0.2, -0.15) is 13.2 Å². The number of rotatable bonds is 2. The molecule has 0 spiro atoms. The van der Waals surface area contributed by atoms with Gasteiger partial charge in [-0.25, -0.2) is 0 Å². The minimum atomic E-state index is -4.21. The fourth-order valence-electron chi connectivity index (χ4n) is 3.05. The third-order valence-electron chi connectivity index (χ3n) is 4.14. The van der Waals surface area contributed by atoms with Crippen LogP contribution < -0.4 is 10.6 Å². The van der Waals surface area contributed by atoms with Crippen LogP contribution in [0.5, 0.6) is 0 Å². The van der Waals surface area contributed by atoms with Gasteiger partial charge < -0.3 is 10.6 Å². The molecular formula is C13H21F3N2O. The Kier molecular flexibility index (Phi) is 4.71. The highest BCUT2D eigenvalue weighted by atomic mass is 19.4. The van der Waals surface area contributed by atoms with Gasteiger partial charge in [0.25, 0.3) is 0 Å². The van der Waals surface area contributed by atoms with Crippen LogP contribution in [-0.2, 0) is 4.79 Å². The molecule has 2 fully saturated rings. The lowest BCUT2D eigenvalue weighted by molar-refractivity contribution is -0.189. The van der Waals surface area contributed by atoms with E-state index in [1.165, 1.54) is 0 Å². The average molecular weight is 278 g/mol. The quantitative estimate of drug-likeness (QED) is 0.814. The maximum atomic E-state index is 12.9. The van der Waals surface area contributed by atoms with Gasteiger partial charge >= 0.3 is 6.18 Å². The van der Waals surface area contributed by atoms with Crippen LogP contribution in [0, 0.1) is 5.92 Å². The Hall–Kier alpha value is -0.780. The molecule has 1 heterocycles. The molecule has 2 N–H and O–H groups in total. The summed E-state index contributed by atoms with van der Waals surface area (Å²) in [6.45, 7) is 0.769. The molecule has 2 rings (SSSR count). The molecule has 1 amide bonds. The zero-order valence-corrected chi connectivity index (χ0v) is 10.9. The monoisotopic (exact) mass is 278 g/mol. The summed E-state index contributed by atoms with van der Waals surface area (Å²) >= 11 is 0. The van der Waals surface area contributed by atoms with Gasteiger partial charge in [0.1, 0.15) is 0 Å². The van der Waals surface area contributed by atoms with Crippen molar-refractivity contribution in [2.24, 2.45) is 5.92 Å². The van der Waals surface area contributed by atoms with Crippen molar-refractivity contribution in [2.75, 3.05) is 6.54 Å². The molecule has 1 saturated carbocycles. The molecule has 0 aromatic carbocycles. The van der Waals surface area contributed by atoms with E-state index >= 15 is 0 Å². The second kappa shape index (κ2) is 6.11. The van der Waals surface area contributed by atoms with E-state index in [9.17, 15) is 18.0 Å². The highest BCUT2D eigenvalue weighted by Crippen LogP contribution is 2.37. The van der Waals surface area contributed by atoms with Crippen LogP contribution in [0.4, 0.5) is 13.2 Å². The third-order valence-corrected chi connectivity index (χ3v) is 4.14. The molecule has 0 aromatic rings. The van der Waals surface area contributed by atoms with Gasteiger partial charge in [0, 0.05) is 6.04 Å². The molecule has 3 atom stereocenters. The minimum Gasteiger partial charge on any atom is -0.351 e. The normalized spacial score (nSPS) is 32.9. The largest absolute Gasteiger partial charge is 0.393 e. The van der Waals surface area contributed by atoms with Gasteiger partial charge in [-0.1, -0.05) is 19.3 Å². The van der Waals surface area contributed by atoms with Gasteiger partial charge in [-0.3, -0.25) is 4.79 Å². The topological polar surface area (TPSA) is 41.1 Å². The number of halogens is 3. The molecule has 1 aliphatic heterocycles. The molecule has 1 aliphatic carbocycles. The maximum absolute atomic E-state index is 12.9. The zero-order chi connectivity index (χ0) is 13.9. The summed E-state index contributed by atoms with van der Waals surface area (Å²) < 4.78 is 38.8. The number of piperidine rings is 1. The average Bonchev–Trinajstić information content (AvgIpc) is 2.39. The molecule has 2 unspecified atom stereocenters. The summed E-state index contributed by atoms with van der Waals surface area (Å²) in [5.74, 6) is -1.64. The number of alkyl halides is 3. The van der Waals surface area contributed by atoms with E-state index < -0.39 is 18.1 Å². The highest BCUT2D eigenvalue weighted by Gasteiger charge is 2.46. The lowest BCUT2D eigenvalue weighted by Crippen LogP contribution is -2.54. The molecule has 0 aromatic heterocycles. The van der Waals surface area contributed by atoms with E-state index in [0.717, 1.165) is 32.2 Å². The summed E-state index contributed by atoms with van der Waals surface area (Å²) in [7, 11) is 0. The van der Waals surface area contributed by atoms with Crippen molar-refractivity contribution in [1.82, 2.24) is 10.6 Å². The van der Waals surface area contributed by atoms with Crippen molar-refractivity contribution in [3.8, 4) is 0 Å². The molecule has 0 radical (unpaired) electrons. The number of hydrogen-bond donors (Lipinski definition) is 2. The maximum Gasteiger partial charge on any atom is 0.393 e. The molecule has 6 heteroatoms. The van der Waals surface area contributed by atoms with Crippen LogP contribution in [-0.4, -0.2) is 30.7 Å². The van der Waals surface area contributed by atoms with E-state index in [1.807, 2.05) is 0 Å². The Balaban J connectivity index is 1.93. The molecule has 3 nitrogen and oxygen atoms in total. The van der Waals surface area contributed by atoms with Crippen molar-refractivity contribution < 1.29 is 18.0 Å². The second-order valence-electron chi connectivity index (χ2n) is 5.55. The molecule has 1 saturated heterocycles. The van der Waals surface area contributed by atoms with Crippen LogP contribution in [0.1, 0.15) is 44.9 Å². The van der Waals surface area contributed by atoms with Gasteiger partial charge in [-0.15, -0.1) is 0 Å². The predicted octanol–water partition coefficient (Wildman–Crippen LogP) is 2.37. The van der Waals surface area contributed by atoms with Crippen molar-refractivity contribution in [3.63, 3.8) is 0 Å². The van der Waals surface area contributed by atoms with Crippen LogP contribution in [0.15, 0.2) is 0 Å². The molecular weight excluding hydrogens is 257 g/mol. The van der Waals surface area contributed by atoms with E-state index in [0.29, 0.717) is 12.8 Å². The standard InChI is InChI=1S/C13H21F3N2O/c14-13(15,16)9-5-1-2-6-10(9)18-12(19)11-7-3-4-8-17-11/h9-11,17H,1-8H2,(H,18,19)/t9?,10?,11-/m0/s1. The van der Waals surface area contributed by atoms with Crippen LogP contribution in [0.2, 0.25) is 0 Å². The van der Waals surface area contributed by atoms with E-state index in [-0.39, 0.29) is 18.4 Å². The number of amides is 1. The van der Waals surface area contributed by atoms with Crippen molar-refractivity contribution in [1.29, 1.82) is 0 Å². The minimum absolute atomic E-state index is 0.131. The lowest BCUT2D eigenvalue weighted by Gasteiger charge is -2.35. The predicted molar refractivity (Wildman–Crippen MR) is 65.6 cm³/mol. The SMILES string of the molecule is O=C(NC1CCCCC1C(F)(F)F)[C@@H]1CCCCN1. The number of nitrogens with one attached hydrogen (secondary N) is 2. The van der Waals surface area contributed by atoms with E-state index in [1.54, 1.807) is 0 Å². The van der Waals surface area contributed by atoms with Crippen LogP contribution in [0.3, 0.4) is 0 Å². The first-order valence-electron chi connectivity index (χ1n) is 7.09. The zero-order valence-electron chi connectivity index (χ0n) is 10.9. The first-order chi connectivity index (χ1) is 8.98. The Morgan fingerprint density at radius 2 is 1.74 bits per heavy atom. The van der Waals surface area contributed by atoms with Gasteiger partial charge in [0.2, 0.25) is 5.91 Å². The van der Waals surface area contributed by atoms with Crippen molar-refractivity contribution in [3.05, 3.63) is 0 Å². The third kappa shape index (κ3) is 3.84. The Bertz CT molecular complexity index is 314. The molecule has 19 heavy (non-hydrogen) atoms. The molecule has 0 bridgehead atoms. The summed E-state index contributed by atoms with van der Waals surface area (Å²) in [4.78, 5) is 12.0. The van der Waals surface area contributed by atoms with Gasteiger partial charge in [0.05, 0.1) is 12.0 Å². The highest BCUT2D eigenvalue weighted by molar-refractivity contribution is 5.82. The summed E-state index contributed by atoms with van der Waals surface area (Å²) in [5.41, 5.74) is 0. The Morgan fingerprint density at radius 3 is 2.37 bits per heavy atom. The summed E-state index contributed by atoms with van der Waals surface area (Å²) in [6.07, 6.45) is 0.410. The van der Waals surface area contributed by atoms with E-state index in [2.05, 4.69) is 10.6 Å². The fourth-order valence-corrected chi connectivity index (χ4v) is 3.05. The van der Waals surface area contributed by atoms with Gasteiger partial charge in [0.15, 0.2) is 0 Å². The molecule has 2 aliphatic rings. The molecule has 110 valence electrons. The van der Waals surface area contributed by atoms with E-state index in [4.69, 9.17) is 0 Å². The smallest absolute Gasteiger partial charge is 0.351 e. The second-order valence-corrected chi connectivity index (χ2v) is 5.55.